The smallest absolute Gasteiger partial charge is 0.268 e. The molecule has 0 heterocycles. The monoisotopic (exact) mass is 1120 g/mol. The first kappa shape index (κ1) is 77.2. The van der Waals surface area contributed by atoms with Gasteiger partial charge < -0.3 is 28.8 Å². The van der Waals surface area contributed by atoms with Crippen LogP contribution in [-0.2, 0) is 18.4 Å². The second-order valence-electron chi connectivity index (χ2n) is 25.6. The van der Waals surface area contributed by atoms with E-state index in [0.29, 0.717) is 23.9 Å². The predicted octanol–water partition coefficient (Wildman–Crippen LogP) is 21.5. The van der Waals surface area contributed by atoms with Crippen LogP contribution in [-0.4, -0.2) is 68.5 Å². The van der Waals surface area contributed by atoms with Crippen molar-refractivity contribution in [2.75, 3.05) is 40.9 Å². The average Bonchev–Trinajstić information content (AvgIpc) is 3.41. The van der Waals surface area contributed by atoms with Gasteiger partial charge in [-0.15, -0.1) is 0 Å². The van der Waals surface area contributed by atoms with Crippen molar-refractivity contribution in [2.24, 2.45) is 0 Å². The van der Waals surface area contributed by atoms with Crippen molar-refractivity contribution >= 4 is 13.7 Å². The topological polar surface area (TPSA) is 108 Å². The van der Waals surface area contributed by atoms with Gasteiger partial charge in [-0.2, -0.15) is 0 Å². The SMILES string of the molecule is CCCCCCCCCC/C=C\CCCCCCCCCCCCCCCCCC(=O)NC(COP(=O)([O-])OCC[N+](C)(C)C)C(O)CCCCCCCCCCCCCCCCCCCCCCCCCCCCCCC. The molecule has 0 aliphatic heterocycles. The molecular formula is C69H139N2O6P. The Balaban J connectivity index is 4.00. The summed E-state index contributed by atoms with van der Waals surface area (Å²) in [4.78, 5) is 25.7. The molecule has 0 aliphatic carbocycles. The van der Waals surface area contributed by atoms with Gasteiger partial charge in [-0.05, 0) is 38.5 Å². The molecule has 9 heteroatoms. The second kappa shape index (κ2) is 60.8. The third-order valence-corrected chi connectivity index (χ3v) is 17.5. The number of phosphoric ester groups is 1. The molecule has 0 spiro atoms. The number of carbonyl (C=O) groups is 1. The van der Waals surface area contributed by atoms with Crippen LogP contribution in [0.15, 0.2) is 12.2 Å². The number of aliphatic hydroxyl groups is 1. The molecule has 466 valence electrons. The fourth-order valence-electron chi connectivity index (χ4n) is 11.0. The Morgan fingerprint density at radius 2 is 0.705 bits per heavy atom. The number of rotatable bonds is 66. The quantitative estimate of drug-likeness (QED) is 0.0272. The molecule has 0 aromatic carbocycles. The standard InChI is InChI=1S/C69H139N2O6P/c1-6-8-10-12-14-16-18-20-22-24-26-28-30-32-34-35-37-38-40-42-44-46-48-50-52-54-56-58-60-62-68(72)67(66-77-78(74,75)76-65-64-71(3,4)5)70-69(73)63-61-59-57-55-53-51-49-47-45-43-41-39-36-33-31-29-27-25-23-21-19-17-15-13-11-9-7-2/h25,27,67-68,72H,6-24,26,28-66H2,1-5H3,(H-,70,73,74,75)/b27-25-. The van der Waals surface area contributed by atoms with Crippen LogP contribution in [0.4, 0.5) is 0 Å². The molecule has 0 radical (unpaired) electrons. The van der Waals surface area contributed by atoms with E-state index in [4.69, 9.17) is 9.05 Å². The van der Waals surface area contributed by atoms with Gasteiger partial charge in [-0.3, -0.25) is 9.36 Å². The van der Waals surface area contributed by atoms with Gasteiger partial charge in [0.2, 0.25) is 5.91 Å². The lowest BCUT2D eigenvalue weighted by atomic mass is 10.0. The van der Waals surface area contributed by atoms with Crippen LogP contribution < -0.4 is 10.2 Å². The highest BCUT2D eigenvalue weighted by atomic mass is 31.2. The van der Waals surface area contributed by atoms with Gasteiger partial charge in [-0.1, -0.05) is 341 Å². The number of carbonyl (C=O) groups excluding carboxylic acids is 1. The van der Waals surface area contributed by atoms with Crippen LogP contribution in [0.3, 0.4) is 0 Å². The molecule has 0 rings (SSSR count). The summed E-state index contributed by atoms with van der Waals surface area (Å²) in [7, 11) is 1.33. The van der Waals surface area contributed by atoms with Crippen LogP contribution in [0.2, 0.25) is 0 Å². The fourth-order valence-corrected chi connectivity index (χ4v) is 11.8. The zero-order chi connectivity index (χ0) is 57.0. The molecule has 0 saturated heterocycles. The summed E-state index contributed by atoms with van der Waals surface area (Å²) in [6.45, 7) is 4.79. The molecule has 78 heavy (non-hydrogen) atoms. The maximum atomic E-state index is 13.1. The summed E-state index contributed by atoms with van der Waals surface area (Å²) in [5.74, 6) is -0.156. The Hall–Kier alpha value is -0.760. The minimum absolute atomic E-state index is 0.0156. The number of allylic oxidation sites excluding steroid dienone is 2. The number of likely N-dealkylation sites (N-methyl/N-ethyl adjacent to an activating group) is 1. The van der Waals surface area contributed by atoms with E-state index in [1.165, 1.54) is 308 Å². The number of phosphoric acid groups is 1. The van der Waals surface area contributed by atoms with E-state index in [1.54, 1.807) is 0 Å². The van der Waals surface area contributed by atoms with Gasteiger partial charge in [-0.25, -0.2) is 0 Å². The highest BCUT2D eigenvalue weighted by molar-refractivity contribution is 7.45. The summed E-state index contributed by atoms with van der Waals surface area (Å²) in [6.07, 6.45) is 77.2. The number of unbranched alkanes of at least 4 members (excludes halogenated alkanes) is 51. The van der Waals surface area contributed by atoms with Crippen LogP contribution in [0.25, 0.3) is 0 Å². The van der Waals surface area contributed by atoms with Crippen molar-refractivity contribution in [3.63, 3.8) is 0 Å². The largest absolute Gasteiger partial charge is 0.756 e. The second-order valence-corrected chi connectivity index (χ2v) is 27.0. The van der Waals surface area contributed by atoms with E-state index in [9.17, 15) is 19.4 Å². The number of amides is 1. The number of nitrogens with one attached hydrogen (secondary N) is 1. The van der Waals surface area contributed by atoms with Crippen molar-refractivity contribution in [3.8, 4) is 0 Å². The Labute approximate surface area is 488 Å². The van der Waals surface area contributed by atoms with Crippen LogP contribution in [0, 0.1) is 0 Å². The first-order valence-electron chi connectivity index (χ1n) is 35.0. The van der Waals surface area contributed by atoms with Crippen molar-refractivity contribution in [2.45, 2.75) is 386 Å². The summed E-state index contributed by atoms with van der Waals surface area (Å²) < 4.78 is 23.5. The van der Waals surface area contributed by atoms with Crippen molar-refractivity contribution in [1.82, 2.24) is 5.32 Å². The molecule has 0 aliphatic rings. The first-order chi connectivity index (χ1) is 38.0. The zero-order valence-corrected chi connectivity index (χ0v) is 54.3. The highest BCUT2D eigenvalue weighted by Crippen LogP contribution is 2.38. The summed E-state index contributed by atoms with van der Waals surface area (Å²) in [5, 5.41) is 14.1. The van der Waals surface area contributed by atoms with E-state index >= 15 is 0 Å². The molecule has 3 atom stereocenters. The molecular weight excluding hydrogens is 984 g/mol. The Morgan fingerprint density at radius 1 is 0.436 bits per heavy atom. The lowest BCUT2D eigenvalue weighted by Crippen LogP contribution is -2.46. The van der Waals surface area contributed by atoms with Gasteiger partial charge in [0.1, 0.15) is 13.2 Å². The lowest BCUT2D eigenvalue weighted by Gasteiger charge is -2.30. The third kappa shape index (κ3) is 62.8. The summed E-state index contributed by atoms with van der Waals surface area (Å²) in [6, 6.07) is -0.799. The van der Waals surface area contributed by atoms with E-state index < -0.39 is 20.0 Å². The normalized spacial score (nSPS) is 13.7. The highest BCUT2D eigenvalue weighted by Gasteiger charge is 2.24. The van der Waals surface area contributed by atoms with Crippen molar-refractivity contribution in [3.05, 3.63) is 12.2 Å². The molecule has 0 saturated carbocycles. The van der Waals surface area contributed by atoms with Gasteiger partial charge >= 0.3 is 0 Å². The molecule has 3 unspecified atom stereocenters. The van der Waals surface area contributed by atoms with E-state index in [2.05, 4.69) is 31.3 Å². The summed E-state index contributed by atoms with van der Waals surface area (Å²) >= 11 is 0. The minimum atomic E-state index is -4.58. The Kier molecular flexibility index (Phi) is 60.2. The number of hydrogen-bond donors (Lipinski definition) is 2. The number of hydrogen-bond acceptors (Lipinski definition) is 6. The maximum Gasteiger partial charge on any atom is 0.268 e. The van der Waals surface area contributed by atoms with Crippen LogP contribution in [0.5, 0.6) is 0 Å². The van der Waals surface area contributed by atoms with E-state index in [1.807, 2.05) is 21.1 Å². The maximum absolute atomic E-state index is 13.1. The minimum Gasteiger partial charge on any atom is -0.756 e. The number of quaternary nitrogens is 1. The van der Waals surface area contributed by atoms with Crippen molar-refractivity contribution in [1.29, 1.82) is 0 Å². The number of nitrogens with zero attached hydrogens (tertiary/aromatic N) is 1. The molecule has 1 amide bonds. The molecule has 0 fully saturated rings. The molecule has 0 aromatic rings. The predicted molar refractivity (Wildman–Crippen MR) is 339 cm³/mol. The molecule has 0 aromatic heterocycles. The number of aliphatic hydroxyl groups excluding tert-OH is 1. The molecule has 2 N–H and O–H groups in total. The zero-order valence-electron chi connectivity index (χ0n) is 53.4. The Bertz CT molecular complexity index is 1280. The Morgan fingerprint density at radius 3 is 1.00 bits per heavy atom. The van der Waals surface area contributed by atoms with Gasteiger partial charge in [0, 0.05) is 6.42 Å². The van der Waals surface area contributed by atoms with Gasteiger partial charge in [0.15, 0.2) is 0 Å². The average molecular weight is 1120 g/mol. The van der Waals surface area contributed by atoms with Crippen molar-refractivity contribution < 1.29 is 32.9 Å². The van der Waals surface area contributed by atoms with Gasteiger partial charge in [0.25, 0.3) is 7.82 Å². The van der Waals surface area contributed by atoms with E-state index in [0.717, 1.165) is 38.5 Å². The van der Waals surface area contributed by atoms with Gasteiger partial charge in [0.05, 0.1) is 39.9 Å². The fraction of sp³-hybridized carbons (Fsp3) is 0.957. The molecule has 0 bridgehead atoms. The van der Waals surface area contributed by atoms with Crippen LogP contribution >= 0.6 is 7.82 Å². The van der Waals surface area contributed by atoms with Crippen LogP contribution in [0.1, 0.15) is 373 Å². The van der Waals surface area contributed by atoms with E-state index in [-0.39, 0.29) is 19.1 Å². The first-order valence-corrected chi connectivity index (χ1v) is 36.5. The molecule has 8 nitrogen and oxygen atoms in total. The third-order valence-electron chi connectivity index (χ3n) is 16.5. The lowest BCUT2D eigenvalue weighted by molar-refractivity contribution is -0.870. The summed E-state index contributed by atoms with van der Waals surface area (Å²) in [5.41, 5.74) is 0.